The van der Waals surface area contributed by atoms with E-state index in [1.54, 1.807) is 0 Å². The van der Waals surface area contributed by atoms with Gasteiger partial charge >= 0.3 is 18.0 Å². The molecule has 314 valence electrons. The molecule has 54 heavy (non-hydrogen) atoms. The zero-order valence-corrected chi connectivity index (χ0v) is 35.2. The van der Waals surface area contributed by atoms with Crippen LogP contribution in [-0.2, 0) is 23.8 Å². The molecule has 1 amide bonds. The van der Waals surface area contributed by atoms with Crippen molar-refractivity contribution in [1.29, 1.82) is 0 Å². The Morgan fingerprint density at radius 2 is 0.944 bits per heavy atom. The van der Waals surface area contributed by atoms with E-state index in [-0.39, 0.29) is 25.2 Å². The van der Waals surface area contributed by atoms with Crippen molar-refractivity contribution in [2.24, 2.45) is 0 Å². The Balaban J connectivity index is 2.23. The molecule has 1 heterocycles. The number of rotatable bonds is 38. The summed E-state index contributed by atoms with van der Waals surface area (Å²) in [4.78, 5) is 39.8. The summed E-state index contributed by atoms with van der Waals surface area (Å²) in [6.07, 6.45) is 42.2. The van der Waals surface area contributed by atoms with Gasteiger partial charge in [0.1, 0.15) is 13.2 Å². The van der Waals surface area contributed by atoms with Crippen LogP contribution in [0.1, 0.15) is 206 Å². The second-order valence-electron chi connectivity index (χ2n) is 15.5. The highest BCUT2D eigenvalue weighted by Crippen LogP contribution is 2.13. The van der Waals surface area contributed by atoms with E-state index in [2.05, 4.69) is 48.4 Å². The highest BCUT2D eigenvalue weighted by molar-refractivity contribution is 5.70. The highest BCUT2D eigenvalue weighted by atomic mass is 16.6. The largest absolute Gasteiger partial charge is 0.462 e. The third kappa shape index (κ3) is 34.2. The van der Waals surface area contributed by atoms with Crippen LogP contribution in [0.5, 0.6) is 0 Å². The number of likely N-dealkylation sites (tertiary alicyclic amines) is 1. The maximum atomic E-state index is 12.7. The lowest BCUT2D eigenvalue weighted by Gasteiger charge is -2.19. The van der Waals surface area contributed by atoms with Crippen LogP contribution in [-0.4, -0.2) is 68.4 Å². The van der Waals surface area contributed by atoms with Crippen LogP contribution < -0.4 is 5.32 Å². The molecule has 1 rings (SSSR count). The molecule has 0 aliphatic carbocycles. The fourth-order valence-electron chi connectivity index (χ4n) is 6.84. The third-order valence-electron chi connectivity index (χ3n) is 10.3. The number of alkyl carbamates (subject to hydrolysis) is 1. The highest BCUT2D eigenvalue weighted by Gasteiger charge is 2.20. The summed E-state index contributed by atoms with van der Waals surface area (Å²) < 4.78 is 16.5. The smallest absolute Gasteiger partial charge is 0.407 e. The van der Waals surface area contributed by atoms with Crippen LogP contribution in [0.2, 0.25) is 0 Å². The average molecular weight is 761 g/mol. The fraction of sp³-hybridized carbons (Fsp3) is 0.848. The Bertz CT molecular complexity index is 932. The lowest BCUT2D eigenvalue weighted by Crippen LogP contribution is -2.36. The molecule has 1 aliphatic rings. The summed E-state index contributed by atoms with van der Waals surface area (Å²) >= 11 is 0. The van der Waals surface area contributed by atoms with Gasteiger partial charge in [-0.1, -0.05) is 141 Å². The predicted molar refractivity (Wildman–Crippen MR) is 225 cm³/mol. The normalized spacial score (nSPS) is 13.9. The second kappa shape index (κ2) is 38.9. The van der Waals surface area contributed by atoms with Crippen molar-refractivity contribution in [2.45, 2.75) is 213 Å². The van der Waals surface area contributed by atoms with Crippen molar-refractivity contribution in [2.75, 3.05) is 39.4 Å². The molecule has 1 aliphatic heterocycles. The lowest BCUT2D eigenvalue weighted by molar-refractivity contribution is -0.161. The van der Waals surface area contributed by atoms with Crippen molar-refractivity contribution in [3.05, 3.63) is 24.3 Å². The maximum absolute atomic E-state index is 12.7. The number of hydrogen-bond donors (Lipinski definition) is 1. The molecule has 0 bridgehead atoms. The first-order chi connectivity index (χ1) is 26.5. The first-order valence-electron chi connectivity index (χ1n) is 22.8. The molecule has 8 heteroatoms. The summed E-state index contributed by atoms with van der Waals surface area (Å²) in [6.45, 7) is 7.68. The van der Waals surface area contributed by atoms with E-state index in [4.69, 9.17) is 14.2 Å². The number of allylic oxidation sites excluding steroid dienone is 4. The van der Waals surface area contributed by atoms with Crippen molar-refractivity contribution in [3.63, 3.8) is 0 Å². The van der Waals surface area contributed by atoms with Gasteiger partial charge in [-0.3, -0.25) is 9.59 Å². The minimum atomic E-state index is -0.817. The van der Waals surface area contributed by atoms with Gasteiger partial charge < -0.3 is 24.4 Å². The van der Waals surface area contributed by atoms with Gasteiger partial charge in [-0.25, -0.2) is 4.79 Å². The number of nitrogens with one attached hydrogen (secondary N) is 1. The zero-order chi connectivity index (χ0) is 39.0. The van der Waals surface area contributed by atoms with Crippen molar-refractivity contribution >= 4 is 18.0 Å². The molecule has 0 aromatic rings. The molecule has 0 spiro atoms. The van der Waals surface area contributed by atoms with Gasteiger partial charge in [-0.2, -0.15) is 0 Å². The molecule has 0 aromatic carbocycles. The minimum Gasteiger partial charge on any atom is -0.462 e. The molecular formula is C46H84N2O6. The van der Waals surface area contributed by atoms with E-state index in [0.29, 0.717) is 19.4 Å². The summed E-state index contributed by atoms with van der Waals surface area (Å²) in [7, 11) is 0. The van der Waals surface area contributed by atoms with Gasteiger partial charge in [0.2, 0.25) is 0 Å². The minimum absolute atomic E-state index is 0.108. The first-order valence-corrected chi connectivity index (χ1v) is 22.8. The predicted octanol–water partition coefficient (Wildman–Crippen LogP) is 12.3. The number of carbonyl (C=O) groups excluding carboxylic acids is 3. The number of carbonyl (C=O) groups is 3. The fourth-order valence-corrected chi connectivity index (χ4v) is 6.84. The SMILES string of the molecule is CCCCCCCC/C=C\CCCCCCCC(=O)OCC(COC(=O)NCCN1CCCC1)OC(=O)CCCCCCC/C=C\CCCCCCCC. The van der Waals surface area contributed by atoms with Crippen molar-refractivity contribution in [1.82, 2.24) is 10.2 Å². The van der Waals surface area contributed by atoms with Crippen LogP contribution in [0.4, 0.5) is 4.79 Å². The van der Waals surface area contributed by atoms with E-state index in [0.717, 1.165) is 77.4 Å². The van der Waals surface area contributed by atoms with Gasteiger partial charge in [0, 0.05) is 25.9 Å². The maximum Gasteiger partial charge on any atom is 0.407 e. The number of esters is 2. The van der Waals surface area contributed by atoms with E-state index in [1.165, 1.54) is 122 Å². The monoisotopic (exact) mass is 761 g/mol. The summed E-state index contributed by atoms with van der Waals surface area (Å²) in [5.74, 6) is -0.648. The van der Waals surface area contributed by atoms with E-state index in [1.807, 2.05) is 0 Å². The number of nitrogens with zero attached hydrogens (tertiary/aromatic N) is 1. The van der Waals surface area contributed by atoms with E-state index < -0.39 is 12.2 Å². The Hall–Kier alpha value is -2.35. The van der Waals surface area contributed by atoms with Gasteiger partial charge in [0.05, 0.1) is 0 Å². The summed E-state index contributed by atoms with van der Waals surface area (Å²) in [5, 5.41) is 2.78. The molecule has 0 radical (unpaired) electrons. The average Bonchev–Trinajstić information content (AvgIpc) is 3.69. The van der Waals surface area contributed by atoms with Crippen molar-refractivity contribution < 1.29 is 28.6 Å². The molecule has 1 saturated heterocycles. The number of unbranched alkanes of at least 4 members (excludes halogenated alkanes) is 22. The molecule has 0 saturated carbocycles. The van der Waals surface area contributed by atoms with Crippen LogP contribution in [0.15, 0.2) is 24.3 Å². The Labute approximate surface area is 332 Å². The van der Waals surface area contributed by atoms with Gasteiger partial charge in [0.15, 0.2) is 6.10 Å². The van der Waals surface area contributed by atoms with Crippen LogP contribution >= 0.6 is 0 Å². The van der Waals surface area contributed by atoms with Crippen LogP contribution in [0.3, 0.4) is 0 Å². The van der Waals surface area contributed by atoms with E-state index >= 15 is 0 Å². The molecule has 8 nitrogen and oxygen atoms in total. The second-order valence-corrected chi connectivity index (χ2v) is 15.5. The summed E-state index contributed by atoms with van der Waals surface area (Å²) in [5.41, 5.74) is 0. The molecule has 1 fully saturated rings. The number of amides is 1. The Morgan fingerprint density at radius 3 is 1.43 bits per heavy atom. The zero-order valence-electron chi connectivity index (χ0n) is 35.2. The Morgan fingerprint density at radius 1 is 0.537 bits per heavy atom. The first kappa shape index (κ1) is 49.7. The molecule has 0 aromatic heterocycles. The molecular weight excluding hydrogens is 677 g/mol. The topological polar surface area (TPSA) is 94.2 Å². The number of ether oxygens (including phenoxy) is 3. The quantitative estimate of drug-likeness (QED) is 0.0290. The molecule has 1 atom stereocenters. The van der Waals surface area contributed by atoms with Gasteiger partial charge in [0.25, 0.3) is 0 Å². The lowest BCUT2D eigenvalue weighted by atomic mass is 10.1. The standard InChI is InChI=1S/C46H84N2O6/c1-3-5-7-9-11-13-15-17-19-21-23-25-27-29-31-35-44(49)52-41-43(42-53-46(51)47-37-40-48-38-33-34-39-48)54-45(50)36-32-30-28-26-24-22-20-18-16-14-12-10-8-6-4-2/h17-20,43H,3-16,21-42H2,1-2H3,(H,47,51)/b19-17-,20-18-. The van der Waals surface area contributed by atoms with Crippen LogP contribution in [0, 0.1) is 0 Å². The van der Waals surface area contributed by atoms with Crippen LogP contribution in [0.25, 0.3) is 0 Å². The molecule has 1 N–H and O–H groups in total. The number of hydrogen-bond acceptors (Lipinski definition) is 7. The molecule has 1 unspecified atom stereocenters. The summed E-state index contributed by atoms with van der Waals surface area (Å²) in [6, 6.07) is 0. The Kier molecular flexibility index (Phi) is 35.8. The van der Waals surface area contributed by atoms with Crippen molar-refractivity contribution in [3.8, 4) is 0 Å². The van der Waals surface area contributed by atoms with E-state index in [9.17, 15) is 14.4 Å². The third-order valence-corrected chi connectivity index (χ3v) is 10.3. The van der Waals surface area contributed by atoms with Gasteiger partial charge in [-0.15, -0.1) is 0 Å². The van der Waals surface area contributed by atoms with Gasteiger partial charge in [-0.05, 0) is 90.1 Å².